The van der Waals surface area contributed by atoms with E-state index in [-0.39, 0.29) is 18.6 Å². The van der Waals surface area contributed by atoms with E-state index in [1.807, 2.05) is 37.3 Å². The molecule has 1 heterocycles. The van der Waals surface area contributed by atoms with Gasteiger partial charge in [-0.3, -0.25) is 4.68 Å². The molecular weight excluding hydrogens is 306 g/mol. The zero-order chi connectivity index (χ0) is 17.6. The first kappa shape index (κ1) is 17.9. The molecule has 0 saturated heterocycles. The fourth-order valence-corrected chi connectivity index (χ4v) is 2.43. The van der Waals surface area contributed by atoms with Crippen LogP contribution in [-0.4, -0.2) is 49.0 Å². The van der Waals surface area contributed by atoms with Gasteiger partial charge in [-0.2, -0.15) is 5.10 Å². The largest absolute Gasteiger partial charge is 0.389 e. The molecule has 130 valence electrons. The molecule has 1 aromatic carbocycles. The highest BCUT2D eigenvalue weighted by Gasteiger charge is 2.23. The van der Waals surface area contributed by atoms with Crippen LogP contribution in [0.15, 0.2) is 43.0 Å². The summed E-state index contributed by atoms with van der Waals surface area (Å²) < 4.78 is 1.67. The second-order valence-corrected chi connectivity index (χ2v) is 6.62. The van der Waals surface area contributed by atoms with Crippen molar-refractivity contribution in [3.05, 3.63) is 48.5 Å². The van der Waals surface area contributed by atoms with Crippen LogP contribution < -0.4 is 5.32 Å². The Balaban J connectivity index is 2.00. The van der Waals surface area contributed by atoms with Gasteiger partial charge in [0.1, 0.15) is 12.7 Å². The van der Waals surface area contributed by atoms with Gasteiger partial charge >= 0.3 is 6.03 Å². The molecule has 0 aliphatic heterocycles. The lowest BCUT2D eigenvalue weighted by Crippen LogP contribution is -2.49. The second-order valence-electron chi connectivity index (χ2n) is 6.62. The van der Waals surface area contributed by atoms with Crippen LogP contribution in [0.5, 0.6) is 0 Å². The van der Waals surface area contributed by atoms with Crippen molar-refractivity contribution in [2.45, 2.75) is 45.5 Å². The van der Waals surface area contributed by atoms with Crippen LogP contribution in [0.25, 0.3) is 0 Å². The minimum Gasteiger partial charge on any atom is -0.389 e. The molecule has 1 unspecified atom stereocenters. The van der Waals surface area contributed by atoms with Crippen molar-refractivity contribution in [2.24, 2.45) is 0 Å². The molecular formula is C17H25N5O2. The fraction of sp³-hybridized carbons (Fsp3) is 0.471. The number of nitrogens with zero attached hydrogens (tertiary/aromatic N) is 4. The summed E-state index contributed by atoms with van der Waals surface area (Å²) in [5.74, 6) is 0. The molecule has 7 nitrogen and oxygen atoms in total. The van der Waals surface area contributed by atoms with E-state index >= 15 is 0 Å². The lowest BCUT2D eigenvalue weighted by atomic mass is 10.1. The topological polar surface area (TPSA) is 83.3 Å². The predicted octanol–water partition coefficient (Wildman–Crippen LogP) is 1.65. The molecule has 0 aliphatic rings. The molecule has 0 radical (unpaired) electrons. The monoisotopic (exact) mass is 331 g/mol. The summed E-state index contributed by atoms with van der Waals surface area (Å²) in [4.78, 5) is 18.1. The Labute approximate surface area is 142 Å². The average molecular weight is 331 g/mol. The third-order valence-electron chi connectivity index (χ3n) is 3.38. The number of hydrogen-bond acceptors (Lipinski definition) is 4. The summed E-state index contributed by atoms with van der Waals surface area (Å²) in [5, 5.41) is 17.1. The number of aromatic nitrogens is 3. The van der Waals surface area contributed by atoms with Crippen LogP contribution in [0.1, 0.15) is 26.3 Å². The van der Waals surface area contributed by atoms with E-state index in [0.717, 1.165) is 5.56 Å². The van der Waals surface area contributed by atoms with Gasteiger partial charge < -0.3 is 15.3 Å². The molecule has 2 amide bonds. The fourth-order valence-electron chi connectivity index (χ4n) is 2.43. The Morgan fingerprint density at radius 1 is 1.38 bits per heavy atom. The Morgan fingerprint density at radius 3 is 2.67 bits per heavy atom. The van der Waals surface area contributed by atoms with Gasteiger partial charge in [-0.25, -0.2) is 9.78 Å². The number of urea groups is 1. The Kier molecular flexibility index (Phi) is 5.92. The van der Waals surface area contributed by atoms with E-state index in [0.29, 0.717) is 13.1 Å². The number of hydrogen-bond donors (Lipinski definition) is 2. The lowest BCUT2D eigenvalue weighted by molar-refractivity contribution is 0.0441. The zero-order valence-electron chi connectivity index (χ0n) is 14.4. The summed E-state index contributed by atoms with van der Waals surface area (Å²) >= 11 is 0. The van der Waals surface area contributed by atoms with E-state index in [4.69, 9.17) is 0 Å². The quantitative estimate of drug-likeness (QED) is 0.808. The summed E-state index contributed by atoms with van der Waals surface area (Å²) in [7, 11) is 0. The molecule has 0 bridgehead atoms. The molecule has 24 heavy (non-hydrogen) atoms. The van der Waals surface area contributed by atoms with E-state index in [1.165, 1.54) is 6.33 Å². The van der Waals surface area contributed by atoms with Crippen LogP contribution in [-0.2, 0) is 13.1 Å². The minimum absolute atomic E-state index is 0.112. The van der Waals surface area contributed by atoms with Crippen LogP contribution in [0.3, 0.4) is 0 Å². The minimum atomic E-state index is -0.971. The van der Waals surface area contributed by atoms with Gasteiger partial charge in [0.25, 0.3) is 0 Å². The van der Waals surface area contributed by atoms with Crippen LogP contribution in [0.2, 0.25) is 0 Å². The van der Waals surface area contributed by atoms with Crippen molar-refractivity contribution in [1.29, 1.82) is 0 Å². The highest BCUT2D eigenvalue weighted by Crippen LogP contribution is 2.11. The third kappa shape index (κ3) is 6.00. The first-order chi connectivity index (χ1) is 11.3. The van der Waals surface area contributed by atoms with E-state index in [1.54, 1.807) is 29.8 Å². The van der Waals surface area contributed by atoms with Crippen LogP contribution in [0, 0.1) is 0 Å². The molecule has 0 aliphatic carbocycles. The highest BCUT2D eigenvalue weighted by molar-refractivity contribution is 5.74. The van der Waals surface area contributed by atoms with Crippen molar-refractivity contribution in [3.63, 3.8) is 0 Å². The average Bonchev–Trinajstić information content (AvgIpc) is 2.99. The summed E-state index contributed by atoms with van der Waals surface area (Å²) in [6.07, 6.45) is 3.08. The Morgan fingerprint density at radius 2 is 2.08 bits per heavy atom. The number of aliphatic hydroxyl groups is 1. The second kappa shape index (κ2) is 7.92. The number of amides is 2. The zero-order valence-corrected chi connectivity index (χ0v) is 14.4. The summed E-state index contributed by atoms with van der Waals surface area (Å²) in [5.41, 5.74) is 0.0437. The predicted molar refractivity (Wildman–Crippen MR) is 91.2 cm³/mol. The van der Waals surface area contributed by atoms with Gasteiger partial charge in [0.05, 0.1) is 18.7 Å². The summed E-state index contributed by atoms with van der Waals surface area (Å²) in [6, 6.07) is 9.40. The highest BCUT2D eigenvalue weighted by atomic mass is 16.3. The molecule has 7 heteroatoms. The van der Waals surface area contributed by atoms with Crippen LogP contribution >= 0.6 is 0 Å². The standard InChI is InChI=1S/C17H25N5O2/c1-14(9-22-13-18-12-19-22)20-16(23)21(11-17(2,3)24)10-15-7-5-4-6-8-15/h4-8,12-14,24H,9-11H2,1-3H3,(H,20,23). The Hall–Kier alpha value is -2.41. The van der Waals surface area contributed by atoms with Crippen molar-refractivity contribution in [2.75, 3.05) is 6.54 Å². The molecule has 0 saturated carbocycles. The molecule has 2 aromatic rings. The number of benzene rings is 1. The first-order valence-corrected chi connectivity index (χ1v) is 7.97. The number of carbonyl (C=O) groups is 1. The Bertz CT molecular complexity index is 622. The number of carbonyl (C=O) groups excluding carboxylic acids is 1. The van der Waals surface area contributed by atoms with Crippen molar-refractivity contribution in [1.82, 2.24) is 25.0 Å². The number of nitrogens with one attached hydrogen (secondary N) is 1. The van der Waals surface area contributed by atoms with E-state index in [2.05, 4.69) is 15.4 Å². The van der Waals surface area contributed by atoms with E-state index < -0.39 is 5.60 Å². The SMILES string of the molecule is CC(Cn1cncn1)NC(=O)N(Cc1ccccc1)CC(C)(C)O. The maximum absolute atomic E-state index is 12.6. The first-order valence-electron chi connectivity index (χ1n) is 7.97. The van der Waals surface area contributed by atoms with E-state index in [9.17, 15) is 9.90 Å². The third-order valence-corrected chi connectivity index (χ3v) is 3.38. The van der Waals surface area contributed by atoms with Crippen molar-refractivity contribution in [3.8, 4) is 0 Å². The smallest absolute Gasteiger partial charge is 0.318 e. The maximum Gasteiger partial charge on any atom is 0.318 e. The summed E-state index contributed by atoms with van der Waals surface area (Å²) in [6.45, 7) is 6.50. The molecule has 1 aromatic heterocycles. The van der Waals surface area contributed by atoms with Gasteiger partial charge in [-0.15, -0.1) is 0 Å². The molecule has 1 atom stereocenters. The van der Waals surface area contributed by atoms with Crippen molar-refractivity contribution < 1.29 is 9.90 Å². The van der Waals surface area contributed by atoms with Gasteiger partial charge in [-0.05, 0) is 26.3 Å². The normalized spacial score (nSPS) is 12.7. The van der Waals surface area contributed by atoms with Gasteiger partial charge in [0.2, 0.25) is 0 Å². The van der Waals surface area contributed by atoms with Gasteiger partial charge in [0.15, 0.2) is 0 Å². The maximum atomic E-state index is 12.6. The van der Waals surface area contributed by atoms with Crippen LogP contribution in [0.4, 0.5) is 4.79 Å². The van der Waals surface area contributed by atoms with Gasteiger partial charge in [-0.1, -0.05) is 30.3 Å². The number of rotatable bonds is 7. The molecule has 0 fully saturated rings. The van der Waals surface area contributed by atoms with Crippen molar-refractivity contribution >= 4 is 6.03 Å². The van der Waals surface area contributed by atoms with Gasteiger partial charge in [0, 0.05) is 12.6 Å². The molecule has 2 N–H and O–H groups in total. The lowest BCUT2D eigenvalue weighted by Gasteiger charge is -2.30. The molecule has 0 spiro atoms. The molecule has 2 rings (SSSR count).